The Morgan fingerprint density at radius 2 is 2.00 bits per heavy atom. The van der Waals surface area contributed by atoms with Crippen LogP contribution in [0.3, 0.4) is 0 Å². The van der Waals surface area contributed by atoms with E-state index in [2.05, 4.69) is 5.32 Å². The van der Waals surface area contributed by atoms with E-state index >= 15 is 0 Å². The van der Waals surface area contributed by atoms with E-state index in [1.807, 2.05) is 31.2 Å². The number of ether oxygens (including phenoxy) is 1. The van der Waals surface area contributed by atoms with Gasteiger partial charge >= 0.3 is 0 Å². The molecule has 1 heterocycles. The number of anilines is 2. The van der Waals surface area contributed by atoms with Crippen molar-refractivity contribution in [1.29, 1.82) is 0 Å². The van der Waals surface area contributed by atoms with Crippen LogP contribution in [0, 0.1) is 0 Å². The highest BCUT2D eigenvalue weighted by molar-refractivity contribution is 6.34. The third-order valence-electron chi connectivity index (χ3n) is 4.26. The SMILES string of the molecule is COc1cc(NC(C)=O)c(Cl)cc1C(=O)N1c2ccccc2CC1C. The Bertz CT molecular complexity index is 851. The molecule has 6 heteroatoms. The summed E-state index contributed by atoms with van der Waals surface area (Å²) in [4.78, 5) is 26.2. The number of fused-ring (bicyclic) bond motifs is 1. The van der Waals surface area contributed by atoms with Crippen LogP contribution in [0.1, 0.15) is 29.8 Å². The van der Waals surface area contributed by atoms with E-state index < -0.39 is 0 Å². The molecule has 0 spiro atoms. The van der Waals surface area contributed by atoms with Crippen molar-refractivity contribution in [3.8, 4) is 5.75 Å². The quantitative estimate of drug-likeness (QED) is 0.905. The zero-order valence-corrected chi connectivity index (χ0v) is 15.1. The summed E-state index contributed by atoms with van der Waals surface area (Å²) in [7, 11) is 1.49. The number of benzene rings is 2. The molecule has 130 valence electrons. The number of nitrogens with one attached hydrogen (secondary N) is 1. The normalized spacial score (nSPS) is 15.7. The first kappa shape index (κ1) is 17.3. The Morgan fingerprint density at radius 1 is 1.28 bits per heavy atom. The van der Waals surface area contributed by atoms with Crippen molar-refractivity contribution in [3.05, 3.63) is 52.5 Å². The number of hydrogen-bond donors (Lipinski definition) is 1. The van der Waals surface area contributed by atoms with Crippen LogP contribution in [0.5, 0.6) is 5.75 Å². The summed E-state index contributed by atoms with van der Waals surface area (Å²) in [6.45, 7) is 3.41. The average molecular weight is 359 g/mol. The number of carbonyl (C=O) groups excluding carboxylic acids is 2. The maximum Gasteiger partial charge on any atom is 0.262 e. The first-order valence-electron chi connectivity index (χ1n) is 7.99. The number of halogens is 1. The lowest BCUT2D eigenvalue weighted by Gasteiger charge is -2.24. The van der Waals surface area contributed by atoms with Gasteiger partial charge in [-0.15, -0.1) is 0 Å². The van der Waals surface area contributed by atoms with E-state index in [1.165, 1.54) is 14.0 Å². The van der Waals surface area contributed by atoms with Crippen LogP contribution < -0.4 is 15.0 Å². The molecule has 0 aromatic heterocycles. The standard InChI is InChI=1S/C19H19ClN2O3/c1-11-8-13-6-4-5-7-17(13)22(11)19(24)14-9-15(20)16(21-12(2)23)10-18(14)25-3/h4-7,9-11H,8H2,1-3H3,(H,21,23). The summed E-state index contributed by atoms with van der Waals surface area (Å²) in [5.74, 6) is -0.0505. The minimum Gasteiger partial charge on any atom is -0.496 e. The van der Waals surface area contributed by atoms with Crippen molar-refractivity contribution < 1.29 is 14.3 Å². The van der Waals surface area contributed by atoms with Crippen molar-refractivity contribution in [2.75, 3.05) is 17.3 Å². The van der Waals surface area contributed by atoms with E-state index in [-0.39, 0.29) is 17.9 Å². The summed E-state index contributed by atoms with van der Waals surface area (Å²) in [5, 5.41) is 2.92. The number of carbonyl (C=O) groups is 2. The first-order valence-corrected chi connectivity index (χ1v) is 8.36. The molecule has 0 aliphatic carbocycles. The van der Waals surface area contributed by atoms with E-state index in [1.54, 1.807) is 17.0 Å². The van der Waals surface area contributed by atoms with Gasteiger partial charge in [-0.3, -0.25) is 9.59 Å². The van der Waals surface area contributed by atoms with Crippen molar-refractivity contribution in [2.45, 2.75) is 26.3 Å². The van der Waals surface area contributed by atoms with Gasteiger partial charge in [0.25, 0.3) is 5.91 Å². The van der Waals surface area contributed by atoms with Gasteiger partial charge in [-0.05, 0) is 31.0 Å². The van der Waals surface area contributed by atoms with Gasteiger partial charge in [0.2, 0.25) is 5.91 Å². The second-order valence-corrected chi connectivity index (χ2v) is 6.48. The van der Waals surface area contributed by atoms with E-state index in [9.17, 15) is 9.59 Å². The van der Waals surface area contributed by atoms with Crippen molar-refractivity contribution in [2.24, 2.45) is 0 Å². The molecule has 2 aromatic rings. The van der Waals surface area contributed by atoms with Crippen LogP contribution in [-0.2, 0) is 11.2 Å². The van der Waals surface area contributed by atoms with Crippen molar-refractivity contribution >= 4 is 34.8 Å². The maximum atomic E-state index is 13.2. The summed E-state index contributed by atoms with van der Waals surface area (Å²) >= 11 is 6.25. The number of nitrogens with zero attached hydrogens (tertiary/aromatic N) is 1. The molecule has 0 fully saturated rings. The molecule has 2 amide bonds. The molecule has 1 unspecified atom stereocenters. The van der Waals surface area contributed by atoms with Crippen LogP contribution >= 0.6 is 11.6 Å². The summed E-state index contributed by atoms with van der Waals surface area (Å²) in [6, 6.07) is 11.0. The molecule has 3 rings (SSSR count). The molecule has 0 bridgehead atoms. The molecule has 1 N–H and O–H groups in total. The molecule has 1 aliphatic heterocycles. The Morgan fingerprint density at radius 3 is 2.68 bits per heavy atom. The molecule has 5 nitrogen and oxygen atoms in total. The molecule has 1 atom stereocenters. The Labute approximate surface area is 151 Å². The Hall–Kier alpha value is -2.53. The Balaban J connectivity index is 2.03. The van der Waals surface area contributed by atoms with Crippen LogP contribution in [0.25, 0.3) is 0 Å². The molecule has 25 heavy (non-hydrogen) atoms. The predicted molar refractivity (Wildman–Crippen MR) is 98.7 cm³/mol. The van der Waals surface area contributed by atoms with Gasteiger partial charge < -0.3 is 15.0 Å². The second kappa shape index (κ2) is 6.76. The van der Waals surface area contributed by atoms with Crippen LogP contribution in [0.15, 0.2) is 36.4 Å². The maximum absolute atomic E-state index is 13.2. The fourth-order valence-corrected chi connectivity index (χ4v) is 3.39. The monoisotopic (exact) mass is 358 g/mol. The van der Waals surface area contributed by atoms with Gasteiger partial charge in [-0.1, -0.05) is 29.8 Å². The van der Waals surface area contributed by atoms with E-state index in [0.717, 1.165) is 17.7 Å². The fraction of sp³-hybridized carbons (Fsp3) is 0.263. The van der Waals surface area contributed by atoms with E-state index in [4.69, 9.17) is 16.3 Å². The minimum atomic E-state index is -0.245. The van der Waals surface area contributed by atoms with Crippen molar-refractivity contribution in [1.82, 2.24) is 0 Å². The minimum absolute atomic E-state index is 0.0448. The van der Waals surface area contributed by atoms with Gasteiger partial charge in [0.05, 0.1) is 23.4 Å². The van der Waals surface area contributed by atoms with Crippen LogP contribution in [0.4, 0.5) is 11.4 Å². The summed E-state index contributed by atoms with van der Waals surface area (Å²) in [5.41, 5.74) is 2.83. The van der Waals surface area contributed by atoms with E-state index in [0.29, 0.717) is 22.0 Å². The highest BCUT2D eigenvalue weighted by atomic mass is 35.5. The number of amides is 2. The number of rotatable bonds is 3. The van der Waals surface area contributed by atoms with Gasteiger partial charge in [0.15, 0.2) is 0 Å². The smallest absolute Gasteiger partial charge is 0.262 e. The number of hydrogen-bond acceptors (Lipinski definition) is 3. The Kier molecular flexibility index (Phi) is 4.68. The van der Waals surface area contributed by atoms with Crippen LogP contribution in [0.2, 0.25) is 5.02 Å². The van der Waals surface area contributed by atoms with Gasteiger partial charge in [-0.25, -0.2) is 0 Å². The molecular formula is C19H19ClN2O3. The molecule has 2 aromatic carbocycles. The van der Waals surface area contributed by atoms with Gasteiger partial charge in [-0.2, -0.15) is 0 Å². The fourth-order valence-electron chi connectivity index (χ4n) is 3.18. The average Bonchev–Trinajstić information content (AvgIpc) is 2.91. The number of methoxy groups -OCH3 is 1. The highest BCUT2D eigenvalue weighted by Gasteiger charge is 2.33. The highest BCUT2D eigenvalue weighted by Crippen LogP contribution is 2.37. The molecular weight excluding hydrogens is 340 g/mol. The van der Waals surface area contributed by atoms with Gasteiger partial charge in [0, 0.05) is 24.7 Å². The summed E-state index contributed by atoms with van der Waals surface area (Å²) in [6.07, 6.45) is 0.807. The van der Waals surface area contributed by atoms with Crippen LogP contribution in [-0.4, -0.2) is 25.0 Å². The third kappa shape index (κ3) is 3.20. The van der Waals surface area contributed by atoms with Gasteiger partial charge in [0.1, 0.15) is 5.75 Å². The lowest BCUT2D eigenvalue weighted by atomic mass is 10.1. The molecule has 1 aliphatic rings. The first-order chi connectivity index (χ1) is 11.9. The molecule has 0 radical (unpaired) electrons. The second-order valence-electron chi connectivity index (χ2n) is 6.07. The zero-order chi connectivity index (χ0) is 18.1. The largest absolute Gasteiger partial charge is 0.496 e. The number of para-hydroxylation sites is 1. The topological polar surface area (TPSA) is 58.6 Å². The molecule has 0 saturated carbocycles. The summed E-state index contributed by atoms with van der Waals surface area (Å²) < 4.78 is 5.37. The third-order valence-corrected chi connectivity index (χ3v) is 4.57. The lowest BCUT2D eigenvalue weighted by molar-refractivity contribution is -0.114. The van der Waals surface area contributed by atoms with Crippen molar-refractivity contribution in [3.63, 3.8) is 0 Å². The lowest BCUT2D eigenvalue weighted by Crippen LogP contribution is -2.36. The zero-order valence-electron chi connectivity index (χ0n) is 14.3. The predicted octanol–water partition coefficient (Wildman–Crippen LogP) is 3.90. The molecule has 0 saturated heterocycles.